The average molecular weight is 306 g/mol. The van der Waals surface area contributed by atoms with Crippen LogP contribution < -0.4 is 0 Å². The van der Waals surface area contributed by atoms with Crippen LogP contribution in [0.1, 0.15) is 44.7 Å². The van der Waals surface area contributed by atoms with Gasteiger partial charge in [0.05, 0.1) is 25.5 Å². The van der Waals surface area contributed by atoms with Gasteiger partial charge in [0, 0.05) is 12.6 Å². The van der Waals surface area contributed by atoms with Gasteiger partial charge in [-0.3, -0.25) is 9.59 Å². The molecule has 120 valence electrons. The minimum absolute atomic E-state index is 0.0359. The Kier molecular flexibility index (Phi) is 3.95. The molecule has 0 aliphatic carbocycles. The maximum Gasteiger partial charge on any atom is 0.305 e. The van der Waals surface area contributed by atoms with E-state index in [9.17, 15) is 9.59 Å². The molecule has 2 aliphatic heterocycles. The Bertz CT molecular complexity index is 580. The zero-order valence-electron chi connectivity index (χ0n) is 13.2. The molecule has 6 nitrogen and oxygen atoms in total. The minimum atomic E-state index is -0.358. The fraction of sp³-hybridized carbons (Fsp3) is 0.625. The van der Waals surface area contributed by atoms with Crippen LogP contribution in [0.5, 0.6) is 0 Å². The van der Waals surface area contributed by atoms with Gasteiger partial charge in [-0.25, -0.2) is 0 Å². The Morgan fingerprint density at radius 1 is 1.50 bits per heavy atom. The van der Waals surface area contributed by atoms with Crippen LogP contribution in [0, 0.1) is 5.92 Å². The summed E-state index contributed by atoms with van der Waals surface area (Å²) < 4.78 is 12.5. The molecule has 3 atom stereocenters. The van der Waals surface area contributed by atoms with E-state index < -0.39 is 0 Å². The summed E-state index contributed by atoms with van der Waals surface area (Å²) in [5, 5.41) is 0. The van der Waals surface area contributed by atoms with Crippen LogP contribution in [0.3, 0.4) is 0 Å². The van der Waals surface area contributed by atoms with E-state index in [-0.39, 0.29) is 36.6 Å². The number of methoxy groups -OCH3 is 1. The molecule has 1 aromatic heterocycles. The minimum Gasteiger partial charge on any atom is -0.469 e. The van der Waals surface area contributed by atoms with Crippen LogP contribution >= 0.6 is 0 Å². The van der Waals surface area contributed by atoms with Crippen molar-refractivity contribution in [1.82, 2.24) is 9.47 Å². The Labute approximate surface area is 130 Å². The first kappa shape index (κ1) is 15.1. The third-order valence-electron chi connectivity index (χ3n) is 4.59. The highest BCUT2D eigenvalue weighted by Gasteiger charge is 2.47. The largest absolute Gasteiger partial charge is 0.469 e. The van der Waals surface area contributed by atoms with Crippen molar-refractivity contribution >= 4 is 11.9 Å². The van der Waals surface area contributed by atoms with Crippen molar-refractivity contribution in [1.29, 1.82) is 0 Å². The first-order valence-corrected chi connectivity index (χ1v) is 7.72. The lowest BCUT2D eigenvalue weighted by atomic mass is 10.00. The number of rotatable bonds is 4. The maximum atomic E-state index is 13.0. The van der Waals surface area contributed by atoms with Gasteiger partial charge in [-0.2, -0.15) is 0 Å². The highest BCUT2D eigenvalue weighted by molar-refractivity contribution is 5.83. The standard InChI is InChI=1S/C16H22N2O4/c1-10(2)13-9-22-16-12-5-4-8-17(12)11(15(20)18(13)16)6-7-14(19)21-3/h4-5,8,10-11,13,16H,6-7,9H2,1-3H3/t11-,13+,16?/m0/s1. The smallest absolute Gasteiger partial charge is 0.305 e. The second-order valence-corrected chi connectivity index (χ2v) is 6.21. The molecule has 1 unspecified atom stereocenters. The van der Waals surface area contributed by atoms with Crippen LogP contribution in [0.25, 0.3) is 0 Å². The molecule has 0 saturated carbocycles. The van der Waals surface area contributed by atoms with Crippen LogP contribution in [-0.2, 0) is 19.1 Å². The summed E-state index contributed by atoms with van der Waals surface area (Å²) in [7, 11) is 1.37. The summed E-state index contributed by atoms with van der Waals surface area (Å²) >= 11 is 0. The maximum absolute atomic E-state index is 13.0. The van der Waals surface area contributed by atoms with Crippen LogP contribution in [0.15, 0.2) is 18.3 Å². The molecule has 1 fully saturated rings. The molecule has 0 aromatic carbocycles. The Hall–Kier alpha value is -1.82. The van der Waals surface area contributed by atoms with Crippen LogP contribution in [-0.4, -0.2) is 41.1 Å². The first-order valence-electron chi connectivity index (χ1n) is 7.72. The molecule has 22 heavy (non-hydrogen) atoms. The van der Waals surface area contributed by atoms with Gasteiger partial charge in [-0.05, 0) is 24.5 Å². The molecule has 0 N–H and O–H groups in total. The van der Waals surface area contributed by atoms with E-state index in [1.165, 1.54) is 7.11 Å². The van der Waals surface area contributed by atoms with E-state index in [0.717, 1.165) is 5.69 Å². The lowest BCUT2D eigenvalue weighted by Crippen LogP contribution is -2.48. The molecule has 3 rings (SSSR count). The van der Waals surface area contributed by atoms with Gasteiger partial charge in [0.25, 0.3) is 0 Å². The van der Waals surface area contributed by atoms with Gasteiger partial charge in [-0.1, -0.05) is 13.8 Å². The van der Waals surface area contributed by atoms with E-state index >= 15 is 0 Å². The van der Waals surface area contributed by atoms with Crippen molar-refractivity contribution in [2.45, 2.75) is 45.0 Å². The lowest BCUT2D eigenvalue weighted by Gasteiger charge is -2.39. The predicted molar refractivity (Wildman–Crippen MR) is 78.9 cm³/mol. The number of ether oxygens (including phenoxy) is 2. The average Bonchev–Trinajstić information content (AvgIpc) is 3.12. The summed E-state index contributed by atoms with van der Waals surface area (Å²) in [4.78, 5) is 26.3. The predicted octanol–water partition coefficient (Wildman–Crippen LogP) is 1.88. The molecule has 1 amide bonds. The van der Waals surface area contributed by atoms with Gasteiger partial charge in [0.2, 0.25) is 5.91 Å². The lowest BCUT2D eigenvalue weighted by molar-refractivity contribution is -0.147. The number of esters is 1. The van der Waals surface area contributed by atoms with E-state index in [4.69, 9.17) is 9.47 Å². The van der Waals surface area contributed by atoms with Gasteiger partial charge < -0.3 is 18.9 Å². The van der Waals surface area contributed by atoms with Crippen molar-refractivity contribution in [2.75, 3.05) is 13.7 Å². The molecule has 1 aromatic rings. The number of aromatic nitrogens is 1. The second-order valence-electron chi connectivity index (χ2n) is 6.21. The summed E-state index contributed by atoms with van der Waals surface area (Å²) in [6.45, 7) is 4.75. The molecular formula is C16H22N2O4. The molecular weight excluding hydrogens is 284 g/mol. The zero-order chi connectivity index (χ0) is 15.9. The SMILES string of the molecule is COC(=O)CC[C@H]1C(=O)N2C(OC[C@@H]2C(C)C)c2cccn21. The van der Waals surface area contributed by atoms with E-state index in [1.54, 1.807) is 0 Å². The quantitative estimate of drug-likeness (QED) is 0.797. The number of amides is 1. The summed E-state index contributed by atoms with van der Waals surface area (Å²) in [5.74, 6) is 0.0761. The monoisotopic (exact) mass is 306 g/mol. The number of nitrogens with zero attached hydrogens (tertiary/aromatic N) is 2. The van der Waals surface area contributed by atoms with Gasteiger partial charge >= 0.3 is 5.97 Å². The Morgan fingerprint density at radius 2 is 2.27 bits per heavy atom. The molecule has 0 radical (unpaired) electrons. The number of hydrogen-bond donors (Lipinski definition) is 0. The third-order valence-corrected chi connectivity index (χ3v) is 4.59. The first-order chi connectivity index (χ1) is 10.5. The Balaban J connectivity index is 1.90. The van der Waals surface area contributed by atoms with Crippen molar-refractivity contribution in [3.05, 3.63) is 24.0 Å². The van der Waals surface area contributed by atoms with Crippen molar-refractivity contribution in [3.63, 3.8) is 0 Å². The second kappa shape index (κ2) is 5.76. The fourth-order valence-electron chi connectivity index (χ4n) is 3.36. The van der Waals surface area contributed by atoms with Crippen molar-refractivity contribution in [3.8, 4) is 0 Å². The molecule has 6 heteroatoms. The molecule has 1 saturated heterocycles. The van der Waals surface area contributed by atoms with Gasteiger partial charge in [0.1, 0.15) is 6.04 Å². The normalized spacial score (nSPS) is 27.0. The summed E-state index contributed by atoms with van der Waals surface area (Å²) in [6, 6.07) is 3.63. The molecule has 0 bridgehead atoms. The van der Waals surface area contributed by atoms with E-state index in [0.29, 0.717) is 18.9 Å². The van der Waals surface area contributed by atoms with Gasteiger partial charge in [0.15, 0.2) is 6.23 Å². The van der Waals surface area contributed by atoms with Crippen molar-refractivity contribution in [2.24, 2.45) is 5.92 Å². The fourth-order valence-corrected chi connectivity index (χ4v) is 3.36. The van der Waals surface area contributed by atoms with Crippen molar-refractivity contribution < 1.29 is 19.1 Å². The van der Waals surface area contributed by atoms with Gasteiger partial charge in [-0.15, -0.1) is 0 Å². The Morgan fingerprint density at radius 3 is 2.95 bits per heavy atom. The number of hydrogen-bond acceptors (Lipinski definition) is 4. The summed E-state index contributed by atoms with van der Waals surface area (Å²) in [6.07, 6.45) is 2.26. The highest BCUT2D eigenvalue weighted by atomic mass is 16.5. The number of carbonyl (C=O) groups excluding carboxylic acids is 2. The van der Waals surface area contributed by atoms with E-state index in [1.807, 2.05) is 27.8 Å². The number of fused-ring (bicyclic) bond motifs is 3. The molecule has 3 heterocycles. The zero-order valence-corrected chi connectivity index (χ0v) is 13.2. The van der Waals surface area contributed by atoms with Crippen LogP contribution in [0.2, 0.25) is 0 Å². The molecule has 2 aliphatic rings. The topological polar surface area (TPSA) is 60.8 Å². The molecule has 0 spiro atoms. The third kappa shape index (κ3) is 2.31. The highest BCUT2D eigenvalue weighted by Crippen LogP contribution is 2.41. The van der Waals surface area contributed by atoms with E-state index in [2.05, 4.69) is 13.8 Å². The summed E-state index contributed by atoms with van der Waals surface area (Å²) in [5.41, 5.74) is 0.984. The number of carbonyl (C=O) groups is 2. The van der Waals surface area contributed by atoms with Crippen LogP contribution in [0.4, 0.5) is 0 Å².